The standard InChI is InChI=1S/C13H12BrFN2/c1-8-3-2-4-12(13(8)16)17-11-6-5-9(14)7-10(11)15/h2-7,17H,16H2,1H3. The lowest BCUT2D eigenvalue weighted by atomic mass is 10.1. The molecular formula is C13H12BrFN2. The monoisotopic (exact) mass is 294 g/mol. The average Bonchev–Trinajstić information content (AvgIpc) is 2.28. The molecule has 2 nitrogen and oxygen atoms in total. The van der Waals surface area contributed by atoms with Crippen LogP contribution in [0.25, 0.3) is 0 Å². The predicted molar refractivity (Wildman–Crippen MR) is 73.0 cm³/mol. The number of benzene rings is 2. The Bertz CT molecular complexity index is 555. The van der Waals surface area contributed by atoms with Crippen molar-refractivity contribution in [1.29, 1.82) is 0 Å². The van der Waals surface area contributed by atoms with Gasteiger partial charge in [-0.2, -0.15) is 0 Å². The van der Waals surface area contributed by atoms with E-state index >= 15 is 0 Å². The Kier molecular flexibility index (Phi) is 3.33. The Balaban J connectivity index is 2.35. The van der Waals surface area contributed by atoms with Gasteiger partial charge in [0.25, 0.3) is 0 Å². The van der Waals surface area contributed by atoms with Crippen LogP contribution in [-0.2, 0) is 0 Å². The second-order valence-corrected chi connectivity index (χ2v) is 4.70. The van der Waals surface area contributed by atoms with Crippen LogP contribution in [-0.4, -0.2) is 0 Å². The van der Waals surface area contributed by atoms with Gasteiger partial charge in [-0.1, -0.05) is 28.1 Å². The van der Waals surface area contributed by atoms with Crippen molar-refractivity contribution in [1.82, 2.24) is 0 Å². The van der Waals surface area contributed by atoms with Crippen LogP contribution in [0.15, 0.2) is 40.9 Å². The van der Waals surface area contributed by atoms with E-state index in [1.54, 1.807) is 12.1 Å². The zero-order chi connectivity index (χ0) is 12.4. The first-order valence-electron chi connectivity index (χ1n) is 5.15. The molecule has 0 unspecified atom stereocenters. The van der Waals surface area contributed by atoms with Gasteiger partial charge < -0.3 is 11.1 Å². The zero-order valence-corrected chi connectivity index (χ0v) is 10.9. The molecule has 4 heteroatoms. The van der Waals surface area contributed by atoms with Crippen molar-refractivity contribution < 1.29 is 4.39 Å². The molecule has 2 rings (SSSR count). The highest BCUT2D eigenvalue weighted by atomic mass is 79.9. The second-order valence-electron chi connectivity index (χ2n) is 3.79. The second kappa shape index (κ2) is 4.75. The van der Waals surface area contributed by atoms with Gasteiger partial charge in [0.15, 0.2) is 0 Å². The first kappa shape index (κ1) is 11.9. The molecule has 17 heavy (non-hydrogen) atoms. The average molecular weight is 295 g/mol. The number of hydrogen-bond donors (Lipinski definition) is 2. The quantitative estimate of drug-likeness (QED) is 0.814. The number of para-hydroxylation sites is 1. The van der Waals surface area contributed by atoms with Crippen molar-refractivity contribution in [3.63, 3.8) is 0 Å². The van der Waals surface area contributed by atoms with E-state index in [-0.39, 0.29) is 5.82 Å². The highest BCUT2D eigenvalue weighted by molar-refractivity contribution is 9.10. The van der Waals surface area contributed by atoms with E-state index in [2.05, 4.69) is 21.2 Å². The maximum atomic E-state index is 13.6. The van der Waals surface area contributed by atoms with E-state index in [0.29, 0.717) is 21.5 Å². The summed E-state index contributed by atoms with van der Waals surface area (Å²) in [4.78, 5) is 0. The Labute approximate surface area is 108 Å². The van der Waals surface area contributed by atoms with Crippen LogP contribution in [0, 0.1) is 12.7 Å². The highest BCUT2D eigenvalue weighted by Gasteiger charge is 2.06. The van der Waals surface area contributed by atoms with Gasteiger partial charge in [-0.3, -0.25) is 0 Å². The summed E-state index contributed by atoms with van der Waals surface area (Å²) in [6, 6.07) is 10.5. The summed E-state index contributed by atoms with van der Waals surface area (Å²) in [7, 11) is 0. The smallest absolute Gasteiger partial charge is 0.147 e. The van der Waals surface area contributed by atoms with Crippen LogP contribution in [0.1, 0.15) is 5.56 Å². The fourth-order valence-electron chi connectivity index (χ4n) is 1.53. The molecule has 0 amide bonds. The number of nitrogens with one attached hydrogen (secondary N) is 1. The van der Waals surface area contributed by atoms with Crippen molar-refractivity contribution in [2.75, 3.05) is 11.1 Å². The SMILES string of the molecule is Cc1cccc(Nc2ccc(Br)cc2F)c1N. The van der Waals surface area contributed by atoms with Crippen LogP contribution in [0.3, 0.4) is 0 Å². The Morgan fingerprint density at radius 1 is 1.18 bits per heavy atom. The summed E-state index contributed by atoms with van der Waals surface area (Å²) in [5, 5.41) is 2.99. The molecule has 0 bridgehead atoms. The zero-order valence-electron chi connectivity index (χ0n) is 9.30. The molecule has 0 spiro atoms. The summed E-state index contributed by atoms with van der Waals surface area (Å²) >= 11 is 3.22. The van der Waals surface area contributed by atoms with Crippen molar-refractivity contribution in [2.45, 2.75) is 6.92 Å². The third-order valence-electron chi connectivity index (χ3n) is 2.52. The summed E-state index contributed by atoms with van der Waals surface area (Å²) < 4.78 is 14.3. The molecule has 0 aromatic heterocycles. The molecule has 2 aromatic carbocycles. The Hall–Kier alpha value is -1.55. The molecule has 0 aliphatic rings. The molecule has 0 aliphatic carbocycles. The summed E-state index contributed by atoms with van der Waals surface area (Å²) in [5.41, 5.74) is 8.64. The normalized spacial score (nSPS) is 10.3. The highest BCUT2D eigenvalue weighted by Crippen LogP contribution is 2.28. The van der Waals surface area contributed by atoms with Gasteiger partial charge in [-0.15, -0.1) is 0 Å². The first-order valence-corrected chi connectivity index (χ1v) is 5.94. The van der Waals surface area contributed by atoms with E-state index in [0.717, 1.165) is 5.56 Å². The van der Waals surface area contributed by atoms with Gasteiger partial charge >= 0.3 is 0 Å². The maximum Gasteiger partial charge on any atom is 0.147 e. The molecule has 88 valence electrons. The van der Waals surface area contributed by atoms with E-state index in [1.807, 2.05) is 25.1 Å². The number of aryl methyl sites for hydroxylation is 1. The lowest BCUT2D eigenvalue weighted by Gasteiger charge is -2.11. The molecular weight excluding hydrogens is 283 g/mol. The van der Waals surface area contributed by atoms with Gasteiger partial charge in [-0.25, -0.2) is 4.39 Å². The van der Waals surface area contributed by atoms with Gasteiger partial charge in [0.05, 0.1) is 17.1 Å². The Morgan fingerprint density at radius 3 is 2.65 bits per heavy atom. The van der Waals surface area contributed by atoms with Crippen LogP contribution in [0.5, 0.6) is 0 Å². The molecule has 0 heterocycles. The largest absolute Gasteiger partial charge is 0.397 e. The fourth-order valence-corrected chi connectivity index (χ4v) is 1.86. The van der Waals surface area contributed by atoms with E-state index in [1.165, 1.54) is 6.07 Å². The van der Waals surface area contributed by atoms with Crippen LogP contribution in [0.4, 0.5) is 21.5 Å². The van der Waals surface area contributed by atoms with E-state index < -0.39 is 0 Å². The lowest BCUT2D eigenvalue weighted by molar-refractivity contribution is 0.631. The first-order chi connectivity index (χ1) is 8.08. The molecule has 3 N–H and O–H groups in total. The topological polar surface area (TPSA) is 38.0 Å². The third-order valence-corrected chi connectivity index (χ3v) is 3.02. The van der Waals surface area contributed by atoms with Gasteiger partial charge in [0.2, 0.25) is 0 Å². The van der Waals surface area contributed by atoms with Crippen LogP contribution >= 0.6 is 15.9 Å². The molecule has 0 radical (unpaired) electrons. The minimum Gasteiger partial charge on any atom is -0.397 e. The van der Waals surface area contributed by atoms with Gasteiger partial charge in [0.1, 0.15) is 5.82 Å². The van der Waals surface area contributed by atoms with Crippen LogP contribution in [0.2, 0.25) is 0 Å². The van der Waals surface area contributed by atoms with Crippen LogP contribution < -0.4 is 11.1 Å². The van der Waals surface area contributed by atoms with E-state index in [4.69, 9.17) is 5.73 Å². The number of hydrogen-bond acceptors (Lipinski definition) is 2. The molecule has 0 fully saturated rings. The van der Waals surface area contributed by atoms with Crippen molar-refractivity contribution in [3.8, 4) is 0 Å². The predicted octanol–water partition coefficient (Wildman–Crippen LogP) is 4.22. The number of anilines is 3. The number of rotatable bonds is 2. The number of halogens is 2. The molecule has 0 saturated heterocycles. The van der Waals surface area contributed by atoms with Gasteiger partial charge in [-0.05, 0) is 36.8 Å². The molecule has 0 aliphatic heterocycles. The summed E-state index contributed by atoms with van der Waals surface area (Å²) in [6.45, 7) is 1.92. The molecule has 0 atom stereocenters. The minimum absolute atomic E-state index is 0.319. The Morgan fingerprint density at radius 2 is 1.94 bits per heavy atom. The lowest BCUT2D eigenvalue weighted by Crippen LogP contribution is -1.99. The van der Waals surface area contributed by atoms with Crippen molar-refractivity contribution >= 4 is 33.0 Å². The summed E-state index contributed by atoms with van der Waals surface area (Å²) in [5.74, 6) is -0.319. The maximum absolute atomic E-state index is 13.6. The van der Waals surface area contributed by atoms with E-state index in [9.17, 15) is 4.39 Å². The fraction of sp³-hybridized carbons (Fsp3) is 0.0769. The number of nitrogens with two attached hydrogens (primary N) is 1. The van der Waals surface area contributed by atoms with Gasteiger partial charge in [0, 0.05) is 4.47 Å². The molecule has 2 aromatic rings. The third kappa shape index (κ3) is 2.58. The molecule has 0 saturated carbocycles. The number of nitrogen functional groups attached to an aromatic ring is 1. The van der Waals surface area contributed by atoms with Crippen molar-refractivity contribution in [3.05, 3.63) is 52.3 Å². The summed E-state index contributed by atoms with van der Waals surface area (Å²) in [6.07, 6.45) is 0. The minimum atomic E-state index is -0.319. The van der Waals surface area contributed by atoms with Crippen molar-refractivity contribution in [2.24, 2.45) is 0 Å².